The molecule has 2 aliphatic rings. The van der Waals surface area contributed by atoms with Crippen molar-refractivity contribution >= 4 is 0 Å². The van der Waals surface area contributed by atoms with Gasteiger partial charge < -0.3 is 9.47 Å². The van der Waals surface area contributed by atoms with Crippen molar-refractivity contribution < 1.29 is 13.9 Å². The molecule has 3 atom stereocenters. The van der Waals surface area contributed by atoms with E-state index in [4.69, 9.17) is 9.47 Å². The molecular weight excluding hydrogens is 233 g/mol. The highest BCUT2D eigenvalue weighted by atomic mass is 19.1. The molecule has 0 amide bonds. The summed E-state index contributed by atoms with van der Waals surface area (Å²) in [5, 5.41) is 0. The number of fused-ring (bicyclic) bond motifs is 2. The van der Waals surface area contributed by atoms with Crippen LogP contribution in [0.15, 0.2) is 0 Å². The Morgan fingerprint density at radius 1 is 1.17 bits per heavy atom. The molecule has 0 aromatic carbocycles. The number of halogens is 1. The number of nitrogens with zero attached hydrogens (tertiary/aromatic N) is 1. The van der Waals surface area contributed by atoms with Crippen LogP contribution in [-0.4, -0.2) is 54.6 Å². The summed E-state index contributed by atoms with van der Waals surface area (Å²) < 4.78 is 25.7. The average Bonchev–Trinajstić information content (AvgIpc) is 2.50. The Morgan fingerprint density at radius 2 is 1.72 bits per heavy atom. The van der Waals surface area contributed by atoms with Crippen LogP contribution < -0.4 is 0 Å². The van der Waals surface area contributed by atoms with E-state index in [2.05, 4.69) is 4.90 Å². The number of ether oxygens (including phenoxy) is 2. The minimum Gasteiger partial charge on any atom is -0.378 e. The van der Waals surface area contributed by atoms with Gasteiger partial charge in [0.15, 0.2) is 0 Å². The average molecular weight is 259 g/mol. The third kappa shape index (κ3) is 3.65. The highest BCUT2D eigenvalue weighted by Crippen LogP contribution is 2.31. The van der Waals surface area contributed by atoms with Crippen molar-refractivity contribution in [3.05, 3.63) is 0 Å². The summed E-state index contributed by atoms with van der Waals surface area (Å²) in [7, 11) is 0. The first-order chi connectivity index (χ1) is 8.27. The zero-order valence-corrected chi connectivity index (χ0v) is 12.0. The SMILES string of the molecule is CC(F)(COC(C)(C)C)CN1C2CCC1COC2. The van der Waals surface area contributed by atoms with Gasteiger partial charge in [-0.25, -0.2) is 4.39 Å². The summed E-state index contributed by atoms with van der Waals surface area (Å²) in [6.07, 6.45) is 2.28. The highest BCUT2D eigenvalue weighted by Gasteiger charge is 2.41. The van der Waals surface area contributed by atoms with Gasteiger partial charge in [-0.05, 0) is 40.5 Å². The van der Waals surface area contributed by atoms with Crippen LogP contribution >= 0.6 is 0 Å². The van der Waals surface area contributed by atoms with Crippen molar-refractivity contribution in [2.45, 2.75) is 63.9 Å². The highest BCUT2D eigenvalue weighted by molar-refractivity contribution is 4.94. The van der Waals surface area contributed by atoms with E-state index >= 15 is 0 Å². The summed E-state index contributed by atoms with van der Waals surface area (Å²) in [6, 6.07) is 0.821. The molecule has 2 aliphatic heterocycles. The van der Waals surface area contributed by atoms with Gasteiger partial charge in [-0.2, -0.15) is 0 Å². The lowest BCUT2D eigenvalue weighted by Crippen LogP contribution is -2.52. The van der Waals surface area contributed by atoms with Gasteiger partial charge >= 0.3 is 0 Å². The second kappa shape index (κ2) is 5.06. The fourth-order valence-corrected chi connectivity index (χ4v) is 2.76. The molecule has 0 aromatic rings. The fraction of sp³-hybridized carbons (Fsp3) is 1.00. The maximum atomic E-state index is 14.6. The number of rotatable bonds is 4. The Kier molecular flexibility index (Phi) is 4.00. The third-order valence-corrected chi connectivity index (χ3v) is 3.71. The van der Waals surface area contributed by atoms with E-state index in [9.17, 15) is 4.39 Å². The molecule has 106 valence electrons. The standard InChI is InChI=1S/C14H26FNO2/c1-13(2,3)18-10-14(4,15)9-16-11-5-6-12(16)8-17-7-11/h11-12H,5-10H2,1-4H3. The molecule has 0 radical (unpaired) electrons. The zero-order chi connectivity index (χ0) is 13.4. The van der Waals surface area contributed by atoms with Gasteiger partial charge in [0.05, 0.1) is 25.4 Å². The molecule has 0 aromatic heterocycles. The first-order valence-electron chi connectivity index (χ1n) is 6.93. The van der Waals surface area contributed by atoms with Crippen molar-refractivity contribution in [2.24, 2.45) is 0 Å². The molecule has 0 aliphatic carbocycles. The molecule has 18 heavy (non-hydrogen) atoms. The fourth-order valence-electron chi connectivity index (χ4n) is 2.76. The Balaban J connectivity index is 1.87. The normalized spacial score (nSPS) is 32.5. The van der Waals surface area contributed by atoms with E-state index in [0.717, 1.165) is 26.1 Å². The minimum atomic E-state index is -1.29. The Morgan fingerprint density at radius 3 is 2.22 bits per heavy atom. The van der Waals surface area contributed by atoms with E-state index < -0.39 is 5.67 Å². The van der Waals surface area contributed by atoms with Crippen molar-refractivity contribution in [1.29, 1.82) is 0 Å². The summed E-state index contributed by atoms with van der Waals surface area (Å²) >= 11 is 0. The quantitative estimate of drug-likeness (QED) is 0.774. The molecule has 2 bridgehead atoms. The molecule has 3 unspecified atom stereocenters. The maximum Gasteiger partial charge on any atom is 0.144 e. The Hall–Kier alpha value is -0.190. The van der Waals surface area contributed by atoms with Crippen molar-refractivity contribution in [3.8, 4) is 0 Å². The van der Waals surface area contributed by atoms with Crippen LogP contribution in [0.25, 0.3) is 0 Å². The second-order valence-electron chi connectivity index (χ2n) is 6.91. The first kappa shape index (κ1) is 14.2. The molecule has 3 nitrogen and oxygen atoms in total. The van der Waals surface area contributed by atoms with Gasteiger partial charge in [0.1, 0.15) is 5.67 Å². The Bertz CT molecular complexity index is 272. The molecule has 2 heterocycles. The van der Waals surface area contributed by atoms with Crippen LogP contribution in [0, 0.1) is 0 Å². The number of morpholine rings is 1. The minimum absolute atomic E-state index is 0.160. The van der Waals surface area contributed by atoms with Crippen LogP contribution in [0.5, 0.6) is 0 Å². The van der Waals surface area contributed by atoms with Gasteiger partial charge in [-0.1, -0.05) is 0 Å². The van der Waals surface area contributed by atoms with Crippen LogP contribution in [-0.2, 0) is 9.47 Å². The van der Waals surface area contributed by atoms with E-state index in [0.29, 0.717) is 18.6 Å². The molecule has 0 spiro atoms. The predicted octanol–water partition coefficient (Wildman–Crippen LogP) is 2.39. The van der Waals surface area contributed by atoms with Gasteiger partial charge in [-0.15, -0.1) is 0 Å². The van der Waals surface area contributed by atoms with Crippen LogP contribution in [0.1, 0.15) is 40.5 Å². The van der Waals surface area contributed by atoms with Gasteiger partial charge in [0.2, 0.25) is 0 Å². The largest absolute Gasteiger partial charge is 0.378 e. The smallest absolute Gasteiger partial charge is 0.144 e. The molecular formula is C14H26FNO2. The zero-order valence-electron chi connectivity index (χ0n) is 12.0. The lowest BCUT2D eigenvalue weighted by Gasteiger charge is -2.38. The van der Waals surface area contributed by atoms with E-state index in [1.165, 1.54) is 0 Å². The maximum absolute atomic E-state index is 14.6. The van der Waals surface area contributed by atoms with Crippen LogP contribution in [0.4, 0.5) is 4.39 Å². The second-order valence-corrected chi connectivity index (χ2v) is 6.91. The molecule has 2 fully saturated rings. The summed E-state index contributed by atoms with van der Waals surface area (Å²) in [4.78, 5) is 2.29. The van der Waals surface area contributed by atoms with Gasteiger partial charge in [0, 0.05) is 18.6 Å². The van der Waals surface area contributed by atoms with E-state index in [-0.39, 0.29) is 12.2 Å². The third-order valence-electron chi connectivity index (χ3n) is 3.71. The van der Waals surface area contributed by atoms with Crippen molar-refractivity contribution in [1.82, 2.24) is 4.90 Å². The topological polar surface area (TPSA) is 21.7 Å². The summed E-state index contributed by atoms with van der Waals surface area (Å²) in [5.41, 5.74) is -1.57. The molecule has 0 N–H and O–H groups in total. The van der Waals surface area contributed by atoms with Crippen LogP contribution in [0.3, 0.4) is 0 Å². The lowest BCUT2D eigenvalue weighted by molar-refractivity contribution is -0.0877. The lowest BCUT2D eigenvalue weighted by atomic mass is 10.1. The monoisotopic (exact) mass is 259 g/mol. The van der Waals surface area contributed by atoms with Gasteiger partial charge in [0.25, 0.3) is 0 Å². The predicted molar refractivity (Wildman–Crippen MR) is 69.6 cm³/mol. The summed E-state index contributed by atoms with van der Waals surface area (Å²) in [5.74, 6) is 0. The van der Waals surface area contributed by atoms with Crippen molar-refractivity contribution in [2.75, 3.05) is 26.4 Å². The number of hydrogen-bond donors (Lipinski definition) is 0. The van der Waals surface area contributed by atoms with Crippen molar-refractivity contribution in [3.63, 3.8) is 0 Å². The van der Waals surface area contributed by atoms with E-state index in [1.807, 2.05) is 20.8 Å². The molecule has 2 saturated heterocycles. The first-order valence-corrected chi connectivity index (χ1v) is 6.93. The van der Waals surface area contributed by atoms with Crippen LogP contribution in [0.2, 0.25) is 0 Å². The van der Waals surface area contributed by atoms with Gasteiger partial charge in [-0.3, -0.25) is 4.90 Å². The molecule has 0 saturated carbocycles. The number of alkyl halides is 1. The summed E-state index contributed by atoms with van der Waals surface area (Å²) in [6.45, 7) is 9.66. The van der Waals surface area contributed by atoms with E-state index in [1.54, 1.807) is 6.92 Å². The molecule has 4 heteroatoms. The number of hydrogen-bond acceptors (Lipinski definition) is 3. The molecule has 2 rings (SSSR count). The Labute approximate surface area is 110 Å².